The lowest BCUT2D eigenvalue weighted by Crippen LogP contribution is -1.71. The summed E-state index contributed by atoms with van der Waals surface area (Å²) in [6, 6.07) is 0. The number of imidazole rings is 1. The molecule has 0 unspecified atom stereocenters. The summed E-state index contributed by atoms with van der Waals surface area (Å²) in [7, 11) is 0. The Morgan fingerprint density at radius 2 is 2.57 bits per heavy atom. The molecule has 1 aromatic heterocycles. The predicted molar refractivity (Wildman–Crippen MR) is 34.0 cm³/mol. The van der Waals surface area contributed by atoms with Crippen LogP contribution in [0.15, 0.2) is 12.4 Å². The van der Waals surface area contributed by atoms with Gasteiger partial charge in [-0.1, -0.05) is 12.8 Å². The van der Waals surface area contributed by atoms with Crippen LogP contribution < -0.4 is 0 Å². The van der Waals surface area contributed by atoms with Crippen molar-refractivity contribution in [2.24, 2.45) is 0 Å². The van der Waals surface area contributed by atoms with Gasteiger partial charge in [0.05, 0.1) is 0 Å². The number of rotatable bonds is 0. The van der Waals surface area contributed by atoms with Crippen LogP contribution in [-0.2, 0) is 0 Å². The van der Waals surface area contributed by atoms with Gasteiger partial charge >= 0.3 is 0 Å². The van der Waals surface area contributed by atoms with Crippen LogP contribution in [0.4, 0.5) is 0 Å². The molecule has 0 amide bonds. The van der Waals surface area contributed by atoms with E-state index in [0.717, 1.165) is 0 Å². The first-order valence-electron chi connectivity index (χ1n) is 1.76. The van der Waals surface area contributed by atoms with E-state index in [1.54, 1.807) is 12.4 Å². The van der Waals surface area contributed by atoms with Crippen LogP contribution in [0, 0.1) is 4.77 Å². The van der Waals surface area contributed by atoms with E-state index in [1.807, 2.05) is 0 Å². The number of hydrogen-bond donors (Lipinski definition) is 2. The molecular formula is C3H4N2S2. The molecule has 0 fully saturated rings. The highest BCUT2D eigenvalue weighted by atomic mass is 32.1. The van der Waals surface area contributed by atoms with Crippen molar-refractivity contribution in [3.05, 3.63) is 17.2 Å². The first-order valence-corrected chi connectivity index (χ1v) is 2.57. The third-order valence-corrected chi connectivity index (χ3v) is 1.41. The minimum absolute atomic E-state index is 0.628. The standard InChI is InChI=1S/C3H4N2S2/c6-3-4-1-2-5(3)7/h1-2,7H,(H,4,6). The van der Waals surface area contributed by atoms with Crippen LogP contribution in [0.25, 0.3) is 0 Å². The van der Waals surface area contributed by atoms with Gasteiger partial charge in [-0.05, 0) is 12.2 Å². The van der Waals surface area contributed by atoms with Gasteiger partial charge in [0, 0.05) is 12.4 Å². The third-order valence-electron chi connectivity index (χ3n) is 0.631. The van der Waals surface area contributed by atoms with E-state index < -0.39 is 0 Å². The van der Waals surface area contributed by atoms with E-state index in [1.165, 1.54) is 3.97 Å². The zero-order valence-corrected chi connectivity index (χ0v) is 5.17. The van der Waals surface area contributed by atoms with Crippen LogP contribution in [0.5, 0.6) is 0 Å². The Morgan fingerprint density at radius 1 is 1.86 bits per heavy atom. The van der Waals surface area contributed by atoms with E-state index in [4.69, 9.17) is 12.2 Å². The Kier molecular flexibility index (Phi) is 1.21. The van der Waals surface area contributed by atoms with Crippen molar-refractivity contribution < 1.29 is 0 Å². The number of hydrogen-bond acceptors (Lipinski definition) is 2. The van der Waals surface area contributed by atoms with Crippen LogP contribution in [0.1, 0.15) is 0 Å². The second kappa shape index (κ2) is 1.71. The van der Waals surface area contributed by atoms with Crippen molar-refractivity contribution in [2.75, 3.05) is 0 Å². The molecule has 4 heteroatoms. The summed E-state index contributed by atoms with van der Waals surface area (Å²) in [6.07, 6.45) is 3.47. The van der Waals surface area contributed by atoms with E-state index >= 15 is 0 Å². The Hall–Kier alpha value is -0.220. The molecule has 0 saturated carbocycles. The molecule has 1 N–H and O–H groups in total. The van der Waals surface area contributed by atoms with Crippen molar-refractivity contribution in [1.29, 1.82) is 0 Å². The fourth-order valence-electron chi connectivity index (χ4n) is 0.313. The van der Waals surface area contributed by atoms with Crippen molar-refractivity contribution in [3.8, 4) is 0 Å². The quantitative estimate of drug-likeness (QED) is 0.402. The largest absolute Gasteiger partial charge is 0.337 e. The predicted octanol–water partition coefficient (Wildman–Crippen LogP) is 1.24. The Balaban J connectivity index is 3.39. The van der Waals surface area contributed by atoms with Crippen LogP contribution >= 0.6 is 25.0 Å². The SMILES string of the molecule is S=c1[nH]ccn1S. The molecule has 0 spiro atoms. The molecule has 0 aliphatic rings. The number of H-pyrrole nitrogens is 1. The van der Waals surface area contributed by atoms with E-state index in [9.17, 15) is 0 Å². The zero-order chi connectivity index (χ0) is 5.28. The summed E-state index contributed by atoms with van der Waals surface area (Å²) < 4.78 is 2.17. The molecule has 0 bridgehead atoms. The summed E-state index contributed by atoms with van der Waals surface area (Å²) in [5, 5.41) is 0. The average molecular weight is 132 g/mol. The molecule has 0 radical (unpaired) electrons. The maximum Gasteiger partial charge on any atom is 0.187 e. The van der Waals surface area contributed by atoms with Gasteiger partial charge in [-0.15, -0.1) is 0 Å². The number of thiol groups is 1. The fraction of sp³-hybridized carbons (Fsp3) is 0. The highest BCUT2D eigenvalue weighted by Gasteiger charge is 1.77. The summed E-state index contributed by atoms with van der Waals surface area (Å²) >= 11 is 8.65. The lowest BCUT2D eigenvalue weighted by Gasteiger charge is -1.77. The Morgan fingerprint density at radius 3 is 2.71 bits per heavy atom. The van der Waals surface area contributed by atoms with Crippen LogP contribution in [-0.4, -0.2) is 8.96 Å². The normalized spacial score (nSPS) is 9.29. The Labute approximate surface area is 51.7 Å². The molecule has 1 heterocycles. The smallest absolute Gasteiger partial charge is 0.187 e. The van der Waals surface area contributed by atoms with Gasteiger partial charge in [-0.2, -0.15) is 0 Å². The van der Waals surface area contributed by atoms with E-state index in [0.29, 0.717) is 4.77 Å². The first kappa shape index (κ1) is 4.93. The molecule has 0 atom stereocenters. The molecule has 0 aliphatic heterocycles. The Bertz CT molecular complexity index is 199. The molecule has 0 saturated heterocycles. The molecule has 0 aliphatic carbocycles. The van der Waals surface area contributed by atoms with Crippen molar-refractivity contribution in [2.45, 2.75) is 0 Å². The second-order valence-corrected chi connectivity index (χ2v) is 1.93. The minimum Gasteiger partial charge on any atom is -0.337 e. The first-order chi connectivity index (χ1) is 3.30. The van der Waals surface area contributed by atoms with E-state index in [-0.39, 0.29) is 0 Å². The monoisotopic (exact) mass is 132 g/mol. The minimum atomic E-state index is 0.628. The van der Waals surface area contributed by atoms with Gasteiger partial charge in [-0.25, -0.2) is 0 Å². The molecule has 0 aromatic carbocycles. The average Bonchev–Trinajstić information content (AvgIpc) is 1.91. The summed E-state index contributed by atoms with van der Waals surface area (Å²) in [5.74, 6) is 0. The molecule has 1 rings (SSSR count). The summed E-state index contributed by atoms with van der Waals surface area (Å²) in [6.45, 7) is 0. The highest BCUT2D eigenvalue weighted by Crippen LogP contribution is 1.88. The number of aromatic amines is 1. The molecule has 7 heavy (non-hydrogen) atoms. The fourth-order valence-corrected chi connectivity index (χ4v) is 0.566. The van der Waals surface area contributed by atoms with Crippen LogP contribution in [0.3, 0.4) is 0 Å². The lowest BCUT2D eigenvalue weighted by molar-refractivity contribution is 1.20. The summed E-state index contributed by atoms with van der Waals surface area (Å²) in [5.41, 5.74) is 0. The number of nitrogens with zero attached hydrogens (tertiary/aromatic N) is 1. The molecular weight excluding hydrogens is 128 g/mol. The van der Waals surface area contributed by atoms with Gasteiger partial charge < -0.3 is 4.98 Å². The second-order valence-electron chi connectivity index (χ2n) is 1.11. The van der Waals surface area contributed by atoms with Gasteiger partial charge in [0.2, 0.25) is 0 Å². The molecule has 1 aromatic rings. The molecule has 2 nitrogen and oxygen atoms in total. The topological polar surface area (TPSA) is 20.7 Å². The van der Waals surface area contributed by atoms with Crippen molar-refractivity contribution in [1.82, 2.24) is 8.96 Å². The van der Waals surface area contributed by atoms with Crippen molar-refractivity contribution >= 4 is 25.0 Å². The zero-order valence-electron chi connectivity index (χ0n) is 3.46. The van der Waals surface area contributed by atoms with Crippen molar-refractivity contribution in [3.63, 3.8) is 0 Å². The van der Waals surface area contributed by atoms with Gasteiger partial charge in [-0.3, -0.25) is 3.97 Å². The van der Waals surface area contributed by atoms with E-state index in [2.05, 4.69) is 17.8 Å². The maximum atomic E-state index is 4.72. The highest BCUT2D eigenvalue weighted by molar-refractivity contribution is 7.79. The van der Waals surface area contributed by atoms with Crippen LogP contribution in [0.2, 0.25) is 0 Å². The van der Waals surface area contributed by atoms with Gasteiger partial charge in [0.15, 0.2) is 4.77 Å². The number of aromatic nitrogens is 2. The maximum absolute atomic E-state index is 4.72. The summed E-state index contributed by atoms with van der Waals surface area (Å²) in [4.78, 5) is 2.77. The molecule has 38 valence electrons. The number of nitrogens with one attached hydrogen (secondary N) is 1. The van der Waals surface area contributed by atoms with Gasteiger partial charge in [0.25, 0.3) is 0 Å². The third kappa shape index (κ3) is 0.863. The lowest BCUT2D eigenvalue weighted by atomic mass is 11.0. The van der Waals surface area contributed by atoms with Gasteiger partial charge in [0.1, 0.15) is 0 Å².